The number of nitrogens with zero attached hydrogens (tertiary/aromatic N) is 1. The summed E-state index contributed by atoms with van der Waals surface area (Å²) in [7, 11) is -1.95. The highest BCUT2D eigenvalue weighted by atomic mass is 32.2. The number of sulfonamides is 1. The molecule has 0 saturated carbocycles. The van der Waals surface area contributed by atoms with Crippen LogP contribution < -0.4 is 5.73 Å². The Labute approximate surface area is 116 Å². The molecule has 0 aliphatic heterocycles. The average molecular weight is 300 g/mol. The van der Waals surface area contributed by atoms with Gasteiger partial charge in [-0.25, -0.2) is 8.42 Å². The van der Waals surface area contributed by atoms with Crippen LogP contribution in [0.15, 0.2) is 33.1 Å². The van der Waals surface area contributed by atoms with Crippen molar-refractivity contribution >= 4 is 21.4 Å². The minimum Gasteiger partial charge on any atom is -0.469 e. The zero-order valence-electron chi connectivity index (χ0n) is 10.8. The molecule has 0 saturated heterocycles. The molecule has 0 fully saturated rings. The van der Waals surface area contributed by atoms with Crippen molar-refractivity contribution in [2.45, 2.75) is 24.9 Å². The summed E-state index contributed by atoms with van der Waals surface area (Å²) in [5, 5.41) is 1.74. The third-order valence-electron chi connectivity index (χ3n) is 2.94. The first kappa shape index (κ1) is 14.3. The Morgan fingerprint density at radius 1 is 1.42 bits per heavy atom. The molecule has 0 aliphatic carbocycles. The van der Waals surface area contributed by atoms with E-state index in [1.54, 1.807) is 30.8 Å². The van der Waals surface area contributed by atoms with Crippen LogP contribution in [0.5, 0.6) is 0 Å². The van der Waals surface area contributed by atoms with Crippen LogP contribution in [0.25, 0.3) is 0 Å². The van der Waals surface area contributed by atoms with Crippen molar-refractivity contribution in [3.05, 3.63) is 40.0 Å². The fraction of sp³-hybridized carbons (Fsp3) is 0.333. The van der Waals surface area contributed by atoms with E-state index in [0.717, 1.165) is 11.3 Å². The minimum atomic E-state index is -3.51. The van der Waals surface area contributed by atoms with Gasteiger partial charge in [0, 0.05) is 30.6 Å². The SMILES string of the molecule is Cc1occc1CN(C)S(=O)(=O)c1ccsc1CN. The van der Waals surface area contributed by atoms with Crippen molar-refractivity contribution in [3.8, 4) is 0 Å². The van der Waals surface area contributed by atoms with Crippen LogP contribution in [0.3, 0.4) is 0 Å². The summed E-state index contributed by atoms with van der Waals surface area (Å²) in [5.74, 6) is 0.728. The van der Waals surface area contributed by atoms with Gasteiger partial charge in [-0.05, 0) is 24.4 Å². The van der Waals surface area contributed by atoms with Gasteiger partial charge in [-0.15, -0.1) is 11.3 Å². The Kier molecular flexibility index (Phi) is 4.10. The Morgan fingerprint density at radius 3 is 2.74 bits per heavy atom. The highest BCUT2D eigenvalue weighted by molar-refractivity contribution is 7.89. The van der Waals surface area contributed by atoms with Gasteiger partial charge in [-0.1, -0.05) is 0 Å². The molecule has 104 valence electrons. The largest absolute Gasteiger partial charge is 0.469 e. The maximum absolute atomic E-state index is 12.5. The van der Waals surface area contributed by atoms with Gasteiger partial charge < -0.3 is 10.2 Å². The van der Waals surface area contributed by atoms with Crippen molar-refractivity contribution in [2.24, 2.45) is 5.73 Å². The first-order valence-electron chi connectivity index (χ1n) is 5.72. The zero-order valence-corrected chi connectivity index (χ0v) is 12.4. The van der Waals surface area contributed by atoms with E-state index in [-0.39, 0.29) is 13.1 Å². The molecule has 0 amide bonds. The zero-order chi connectivity index (χ0) is 14.0. The highest BCUT2D eigenvalue weighted by Gasteiger charge is 2.25. The molecule has 2 N–H and O–H groups in total. The maximum atomic E-state index is 12.5. The monoisotopic (exact) mass is 300 g/mol. The lowest BCUT2D eigenvalue weighted by molar-refractivity contribution is 0.458. The fourth-order valence-electron chi connectivity index (χ4n) is 1.78. The van der Waals surface area contributed by atoms with E-state index in [4.69, 9.17) is 10.2 Å². The molecule has 2 aromatic rings. The van der Waals surface area contributed by atoms with E-state index < -0.39 is 10.0 Å². The summed E-state index contributed by atoms with van der Waals surface area (Å²) in [4.78, 5) is 0.972. The maximum Gasteiger partial charge on any atom is 0.244 e. The lowest BCUT2D eigenvalue weighted by Crippen LogP contribution is -2.27. The predicted molar refractivity (Wildman–Crippen MR) is 74.3 cm³/mol. The van der Waals surface area contributed by atoms with Crippen LogP contribution in [-0.4, -0.2) is 19.8 Å². The summed E-state index contributed by atoms with van der Waals surface area (Å²) in [6.45, 7) is 2.32. The molecule has 2 heterocycles. The van der Waals surface area contributed by atoms with E-state index in [0.29, 0.717) is 9.77 Å². The smallest absolute Gasteiger partial charge is 0.244 e. The molecule has 2 rings (SSSR count). The van der Waals surface area contributed by atoms with Crippen molar-refractivity contribution < 1.29 is 12.8 Å². The van der Waals surface area contributed by atoms with Crippen LogP contribution in [0.2, 0.25) is 0 Å². The average Bonchev–Trinajstić information content (AvgIpc) is 2.98. The van der Waals surface area contributed by atoms with E-state index in [2.05, 4.69) is 0 Å². The second-order valence-corrected chi connectivity index (χ2v) is 7.19. The normalized spacial score (nSPS) is 12.2. The Balaban J connectivity index is 2.27. The Morgan fingerprint density at radius 2 is 2.16 bits per heavy atom. The molecule has 5 nitrogen and oxygen atoms in total. The summed E-state index contributed by atoms with van der Waals surface area (Å²) in [6.07, 6.45) is 1.56. The van der Waals surface area contributed by atoms with Crippen molar-refractivity contribution in [1.82, 2.24) is 4.31 Å². The van der Waals surface area contributed by atoms with Gasteiger partial charge in [0.05, 0.1) is 11.2 Å². The number of thiophene rings is 1. The third kappa shape index (κ3) is 2.74. The van der Waals surface area contributed by atoms with Gasteiger partial charge >= 0.3 is 0 Å². The van der Waals surface area contributed by atoms with Crippen LogP contribution in [-0.2, 0) is 23.1 Å². The van der Waals surface area contributed by atoms with Crippen molar-refractivity contribution in [2.75, 3.05) is 7.05 Å². The van der Waals surface area contributed by atoms with E-state index >= 15 is 0 Å². The molecule has 0 radical (unpaired) electrons. The molecule has 0 aliphatic rings. The van der Waals surface area contributed by atoms with E-state index in [9.17, 15) is 8.42 Å². The molecule has 19 heavy (non-hydrogen) atoms. The number of rotatable bonds is 5. The number of furan rings is 1. The van der Waals surface area contributed by atoms with Gasteiger partial charge in [0.15, 0.2) is 0 Å². The minimum absolute atomic E-state index is 0.227. The van der Waals surface area contributed by atoms with Crippen molar-refractivity contribution in [1.29, 1.82) is 0 Å². The molecule has 2 aromatic heterocycles. The van der Waals surface area contributed by atoms with Gasteiger partial charge in [0.25, 0.3) is 0 Å². The number of aryl methyl sites for hydroxylation is 1. The van der Waals surface area contributed by atoms with Gasteiger partial charge in [0.2, 0.25) is 10.0 Å². The second-order valence-electron chi connectivity index (χ2n) is 4.18. The summed E-state index contributed by atoms with van der Waals surface area (Å²) >= 11 is 1.36. The van der Waals surface area contributed by atoms with Crippen LogP contribution in [0.4, 0.5) is 0 Å². The van der Waals surface area contributed by atoms with E-state index in [1.165, 1.54) is 15.6 Å². The van der Waals surface area contributed by atoms with Crippen LogP contribution >= 0.6 is 11.3 Å². The van der Waals surface area contributed by atoms with Crippen LogP contribution in [0, 0.1) is 6.92 Å². The molecular formula is C12H16N2O3S2. The first-order valence-corrected chi connectivity index (χ1v) is 8.04. The quantitative estimate of drug-likeness (QED) is 0.915. The van der Waals surface area contributed by atoms with E-state index in [1.807, 2.05) is 6.92 Å². The molecule has 0 atom stereocenters. The summed E-state index contributed by atoms with van der Waals surface area (Å²) in [6, 6.07) is 3.37. The molecule has 0 aromatic carbocycles. The molecular weight excluding hydrogens is 284 g/mol. The van der Waals surface area contributed by atoms with Crippen LogP contribution in [0.1, 0.15) is 16.2 Å². The van der Waals surface area contributed by atoms with Crippen molar-refractivity contribution in [3.63, 3.8) is 0 Å². The molecule has 7 heteroatoms. The number of nitrogens with two attached hydrogens (primary N) is 1. The van der Waals surface area contributed by atoms with Gasteiger partial charge in [-0.2, -0.15) is 4.31 Å². The topological polar surface area (TPSA) is 76.5 Å². The highest BCUT2D eigenvalue weighted by Crippen LogP contribution is 2.25. The number of hydrogen-bond acceptors (Lipinski definition) is 5. The second kappa shape index (κ2) is 5.46. The van der Waals surface area contributed by atoms with Gasteiger partial charge in [0.1, 0.15) is 5.76 Å². The lowest BCUT2D eigenvalue weighted by atomic mass is 10.3. The summed E-state index contributed by atoms with van der Waals surface area (Å²) < 4.78 is 31.4. The molecule has 0 spiro atoms. The molecule has 0 bridgehead atoms. The Hall–Kier alpha value is -1.15. The lowest BCUT2D eigenvalue weighted by Gasteiger charge is -2.16. The Bertz CT molecular complexity index is 658. The van der Waals surface area contributed by atoms with Gasteiger partial charge in [-0.3, -0.25) is 0 Å². The summed E-state index contributed by atoms with van der Waals surface area (Å²) in [5.41, 5.74) is 6.42. The molecule has 0 unspecified atom stereocenters. The third-order valence-corrected chi connectivity index (χ3v) is 5.90. The standard InChI is InChI=1S/C12H16N2O3S2/c1-9-10(3-5-17-9)8-14(2)19(15,16)12-4-6-18-11(12)7-13/h3-6H,7-8,13H2,1-2H3. The first-order chi connectivity index (χ1) is 8.96. The fourth-order valence-corrected chi connectivity index (χ4v) is 4.23. The predicted octanol–water partition coefficient (Wildman–Crippen LogP) is 1.93. The number of hydrogen-bond donors (Lipinski definition) is 1.